The molecule has 2 aromatic heterocycles. The molecule has 2 aromatic carbocycles. The summed E-state index contributed by atoms with van der Waals surface area (Å²) >= 11 is 7.78. The van der Waals surface area contributed by atoms with Crippen LogP contribution in [0.1, 0.15) is 32.6 Å². The summed E-state index contributed by atoms with van der Waals surface area (Å²) in [4.78, 5) is 25.3. The van der Waals surface area contributed by atoms with Crippen molar-refractivity contribution in [3.63, 3.8) is 0 Å². The van der Waals surface area contributed by atoms with Crippen molar-refractivity contribution < 1.29 is 4.79 Å². The first kappa shape index (κ1) is 20.8. The zero-order chi connectivity index (χ0) is 22.1. The highest BCUT2D eigenvalue weighted by Crippen LogP contribution is 2.29. The molecule has 0 radical (unpaired) electrons. The number of aromatic nitrogens is 4. The lowest BCUT2D eigenvalue weighted by Crippen LogP contribution is -2.29. The van der Waals surface area contributed by atoms with Crippen molar-refractivity contribution in [2.45, 2.75) is 26.4 Å². The van der Waals surface area contributed by atoms with E-state index in [1.165, 1.54) is 21.8 Å². The molecule has 9 heteroatoms. The SMILES string of the molecule is Cc1nc(C(=O)Nc2nc3c(s2)CN(Cc2ccccc2)CC3)nn1-c1ccccc1Cl. The summed E-state index contributed by atoms with van der Waals surface area (Å²) in [6.07, 6.45) is 0.868. The van der Waals surface area contributed by atoms with E-state index >= 15 is 0 Å². The Labute approximate surface area is 194 Å². The highest BCUT2D eigenvalue weighted by atomic mass is 35.5. The van der Waals surface area contributed by atoms with Gasteiger partial charge in [0, 0.05) is 30.9 Å². The molecular formula is C23H21ClN6OS. The zero-order valence-electron chi connectivity index (χ0n) is 17.5. The van der Waals surface area contributed by atoms with Crippen LogP contribution < -0.4 is 5.32 Å². The third kappa shape index (κ3) is 4.29. The molecule has 0 fully saturated rings. The van der Waals surface area contributed by atoms with Gasteiger partial charge in [-0.2, -0.15) is 0 Å². The van der Waals surface area contributed by atoms with E-state index in [9.17, 15) is 4.79 Å². The standard InChI is InChI=1S/C23H21ClN6OS/c1-15-25-21(28-30(15)19-10-6-5-9-17(19)24)22(31)27-23-26-18-11-12-29(14-20(18)32-23)13-16-7-3-2-4-8-16/h2-10H,11-14H2,1H3,(H,26,27,31). The molecule has 0 unspecified atom stereocenters. The number of nitrogens with one attached hydrogen (secondary N) is 1. The molecule has 5 rings (SSSR count). The van der Waals surface area contributed by atoms with Gasteiger partial charge in [0.1, 0.15) is 5.82 Å². The second-order valence-corrected chi connectivity index (χ2v) is 9.13. The van der Waals surface area contributed by atoms with Crippen LogP contribution in [0, 0.1) is 6.92 Å². The molecule has 0 atom stereocenters. The van der Waals surface area contributed by atoms with Gasteiger partial charge in [0.15, 0.2) is 5.13 Å². The zero-order valence-corrected chi connectivity index (χ0v) is 19.0. The molecule has 1 aliphatic rings. The molecule has 1 N–H and O–H groups in total. The molecule has 7 nitrogen and oxygen atoms in total. The van der Waals surface area contributed by atoms with Crippen LogP contribution in [-0.4, -0.2) is 37.1 Å². The average molecular weight is 465 g/mol. The van der Waals surface area contributed by atoms with Gasteiger partial charge in [-0.3, -0.25) is 15.0 Å². The lowest BCUT2D eigenvalue weighted by atomic mass is 10.1. The first-order valence-electron chi connectivity index (χ1n) is 10.3. The van der Waals surface area contributed by atoms with Gasteiger partial charge in [0.2, 0.25) is 5.82 Å². The lowest BCUT2D eigenvalue weighted by Gasteiger charge is -2.25. The summed E-state index contributed by atoms with van der Waals surface area (Å²) in [5, 5.41) is 8.34. The Hall–Kier alpha value is -3.07. The number of para-hydroxylation sites is 1. The maximum Gasteiger partial charge on any atom is 0.297 e. The lowest BCUT2D eigenvalue weighted by molar-refractivity contribution is 0.101. The van der Waals surface area contributed by atoms with E-state index in [0.29, 0.717) is 21.7 Å². The molecular weight excluding hydrogens is 444 g/mol. The van der Waals surface area contributed by atoms with Crippen LogP contribution in [0.5, 0.6) is 0 Å². The van der Waals surface area contributed by atoms with Gasteiger partial charge < -0.3 is 0 Å². The van der Waals surface area contributed by atoms with Gasteiger partial charge in [0.05, 0.1) is 16.4 Å². The number of hydrogen-bond donors (Lipinski definition) is 1. The Morgan fingerprint density at radius 3 is 2.72 bits per heavy atom. The first-order valence-corrected chi connectivity index (χ1v) is 11.5. The van der Waals surface area contributed by atoms with Crippen LogP contribution in [0.25, 0.3) is 5.69 Å². The molecule has 0 aliphatic carbocycles. The van der Waals surface area contributed by atoms with Crippen molar-refractivity contribution in [2.75, 3.05) is 11.9 Å². The molecule has 0 saturated carbocycles. The van der Waals surface area contributed by atoms with Crippen molar-refractivity contribution in [1.29, 1.82) is 0 Å². The minimum Gasteiger partial charge on any atom is -0.295 e. The largest absolute Gasteiger partial charge is 0.297 e. The third-order valence-electron chi connectivity index (χ3n) is 5.33. The summed E-state index contributed by atoms with van der Waals surface area (Å²) < 4.78 is 1.57. The number of aryl methyl sites for hydroxylation is 1. The number of anilines is 1. The third-order valence-corrected chi connectivity index (χ3v) is 6.65. The number of fused-ring (bicyclic) bond motifs is 1. The minimum atomic E-state index is -0.383. The average Bonchev–Trinajstić information content (AvgIpc) is 3.37. The number of rotatable bonds is 5. The summed E-state index contributed by atoms with van der Waals surface area (Å²) in [6.45, 7) is 4.47. The van der Waals surface area contributed by atoms with Crippen LogP contribution in [0.15, 0.2) is 54.6 Å². The van der Waals surface area contributed by atoms with Crippen molar-refractivity contribution in [1.82, 2.24) is 24.6 Å². The Kier molecular flexibility index (Phi) is 5.73. The molecule has 1 aliphatic heterocycles. The van der Waals surface area contributed by atoms with Gasteiger partial charge in [-0.15, -0.1) is 16.4 Å². The molecule has 1 amide bonds. The van der Waals surface area contributed by atoms with Gasteiger partial charge >= 0.3 is 0 Å². The Morgan fingerprint density at radius 1 is 1.12 bits per heavy atom. The van der Waals surface area contributed by atoms with E-state index in [1.54, 1.807) is 17.7 Å². The highest BCUT2D eigenvalue weighted by Gasteiger charge is 2.23. The van der Waals surface area contributed by atoms with Crippen molar-refractivity contribution in [3.8, 4) is 5.69 Å². The summed E-state index contributed by atoms with van der Waals surface area (Å²) in [7, 11) is 0. The van der Waals surface area contributed by atoms with Gasteiger partial charge in [-0.05, 0) is 24.6 Å². The minimum absolute atomic E-state index is 0.0845. The van der Waals surface area contributed by atoms with Crippen LogP contribution in [-0.2, 0) is 19.5 Å². The van der Waals surface area contributed by atoms with E-state index in [1.807, 2.05) is 24.3 Å². The molecule has 162 valence electrons. The van der Waals surface area contributed by atoms with Crippen LogP contribution >= 0.6 is 22.9 Å². The van der Waals surface area contributed by atoms with Crippen LogP contribution in [0.4, 0.5) is 5.13 Å². The van der Waals surface area contributed by atoms with Crippen molar-refractivity contribution >= 4 is 34.0 Å². The number of halogens is 1. The topological polar surface area (TPSA) is 75.9 Å². The second kappa shape index (κ2) is 8.82. The molecule has 0 saturated heterocycles. The second-order valence-electron chi connectivity index (χ2n) is 7.64. The molecule has 32 heavy (non-hydrogen) atoms. The maximum atomic E-state index is 12.8. The number of benzene rings is 2. The highest BCUT2D eigenvalue weighted by molar-refractivity contribution is 7.15. The van der Waals surface area contributed by atoms with Crippen molar-refractivity contribution in [2.24, 2.45) is 0 Å². The van der Waals surface area contributed by atoms with Crippen LogP contribution in [0.2, 0.25) is 5.02 Å². The first-order chi connectivity index (χ1) is 15.6. The maximum absolute atomic E-state index is 12.8. The van der Waals surface area contributed by atoms with Crippen molar-refractivity contribution in [3.05, 3.63) is 87.4 Å². The molecule has 0 spiro atoms. The van der Waals surface area contributed by atoms with E-state index in [4.69, 9.17) is 11.6 Å². The van der Waals surface area contributed by atoms with Gasteiger partial charge in [0.25, 0.3) is 5.91 Å². The van der Waals surface area contributed by atoms with E-state index in [2.05, 4.69) is 49.5 Å². The summed E-state index contributed by atoms with van der Waals surface area (Å²) in [5.74, 6) is 0.283. The normalized spacial score (nSPS) is 13.7. The monoisotopic (exact) mass is 464 g/mol. The van der Waals surface area contributed by atoms with E-state index in [-0.39, 0.29) is 11.7 Å². The fourth-order valence-electron chi connectivity index (χ4n) is 3.77. The number of nitrogens with zero attached hydrogens (tertiary/aromatic N) is 5. The van der Waals surface area contributed by atoms with E-state index < -0.39 is 0 Å². The number of amides is 1. The summed E-state index contributed by atoms with van der Waals surface area (Å²) in [6, 6.07) is 17.8. The smallest absolute Gasteiger partial charge is 0.295 e. The Bertz CT molecular complexity index is 1270. The number of carbonyl (C=O) groups is 1. The molecule has 0 bridgehead atoms. The van der Waals surface area contributed by atoms with E-state index in [0.717, 1.165) is 31.7 Å². The van der Waals surface area contributed by atoms with Gasteiger partial charge in [-0.25, -0.2) is 14.6 Å². The quantitative estimate of drug-likeness (QED) is 0.470. The predicted octanol–water partition coefficient (Wildman–Crippen LogP) is 4.50. The number of carbonyl (C=O) groups excluding carboxylic acids is 1. The fraction of sp³-hybridized carbons (Fsp3) is 0.217. The Balaban J connectivity index is 1.29. The number of thiazole rings is 1. The molecule has 3 heterocycles. The van der Waals surface area contributed by atoms with Crippen LogP contribution in [0.3, 0.4) is 0 Å². The fourth-order valence-corrected chi connectivity index (χ4v) is 5.03. The summed E-state index contributed by atoms with van der Waals surface area (Å²) in [5.41, 5.74) is 3.03. The Morgan fingerprint density at radius 2 is 1.91 bits per heavy atom. The molecule has 4 aromatic rings. The number of hydrogen-bond acceptors (Lipinski definition) is 6. The van der Waals surface area contributed by atoms with Gasteiger partial charge in [-0.1, -0.05) is 54.1 Å². The predicted molar refractivity (Wildman–Crippen MR) is 125 cm³/mol.